The maximum atomic E-state index is 10.4. The molecule has 0 heterocycles. The first-order chi connectivity index (χ1) is 14.4. The number of thioether (sulfide) groups is 1. The number of rotatable bonds is 9. The van der Waals surface area contributed by atoms with Crippen molar-refractivity contribution in [3.63, 3.8) is 0 Å². The van der Waals surface area contributed by atoms with Gasteiger partial charge in [-0.15, -0.1) is 24.2 Å². The highest BCUT2D eigenvalue weighted by Crippen LogP contribution is 2.50. The zero-order valence-corrected chi connectivity index (χ0v) is 19.6. The van der Waals surface area contributed by atoms with E-state index in [1.807, 2.05) is 12.1 Å². The van der Waals surface area contributed by atoms with Gasteiger partial charge in [0.15, 0.2) is 23.0 Å². The lowest BCUT2D eigenvalue weighted by Crippen LogP contribution is -2.46. The number of nitrogens with two attached hydrogens (primary N) is 1. The first-order valence-electron chi connectivity index (χ1n) is 10.8. The Morgan fingerprint density at radius 3 is 2.45 bits per heavy atom. The zero-order valence-electron chi connectivity index (χ0n) is 18.0. The number of halogens is 1. The second-order valence-corrected chi connectivity index (χ2v) is 9.74. The summed E-state index contributed by atoms with van der Waals surface area (Å²) in [4.78, 5) is -0.443. The molecule has 0 fully saturated rings. The third-order valence-electron chi connectivity index (χ3n) is 6.18. The molecule has 0 saturated heterocycles. The Kier molecular flexibility index (Phi) is 9.22. The van der Waals surface area contributed by atoms with Crippen molar-refractivity contribution in [2.24, 2.45) is 5.73 Å². The van der Waals surface area contributed by atoms with Gasteiger partial charge in [-0.25, -0.2) is 0 Å². The van der Waals surface area contributed by atoms with Crippen LogP contribution in [-0.2, 0) is 12.8 Å². The van der Waals surface area contributed by atoms with Gasteiger partial charge in [0.25, 0.3) is 0 Å². The molecule has 2 aromatic carbocycles. The van der Waals surface area contributed by atoms with E-state index in [1.165, 1.54) is 25.3 Å². The molecule has 2 unspecified atom stereocenters. The van der Waals surface area contributed by atoms with Gasteiger partial charge in [-0.05, 0) is 60.8 Å². The topological polar surface area (TPSA) is 107 Å². The van der Waals surface area contributed by atoms with Crippen LogP contribution in [0.4, 0.5) is 0 Å². The van der Waals surface area contributed by atoms with Gasteiger partial charge >= 0.3 is 0 Å². The summed E-state index contributed by atoms with van der Waals surface area (Å²) in [5.74, 6) is 0.630. The Bertz CT molecular complexity index is 879. The lowest BCUT2D eigenvalue weighted by Gasteiger charge is -2.42. The molecule has 0 amide bonds. The van der Waals surface area contributed by atoms with Crippen molar-refractivity contribution in [2.45, 2.75) is 69.1 Å². The average molecular weight is 468 g/mol. The van der Waals surface area contributed by atoms with Crippen LogP contribution >= 0.6 is 24.2 Å². The van der Waals surface area contributed by atoms with Crippen molar-refractivity contribution in [1.82, 2.24) is 0 Å². The van der Waals surface area contributed by atoms with Crippen LogP contribution in [0.2, 0.25) is 0 Å². The molecular formula is C24H34ClNO4S. The molecule has 0 aliphatic heterocycles. The predicted octanol–water partition coefficient (Wildman–Crippen LogP) is 5.56. The highest BCUT2D eigenvalue weighted by molar-refractivity contribution is 8.00. The molecule has 0 bridgehead atoms. The highest BCUT2D eigenvalue weighted by Gasteiger charge is 2.41. The molecule has 0 spiro atoms. The maximum absolute atomic E-state index is 10.4. The molecule has 6 N–H and O–H groups in total. The fraction of sp³-hybridized carbons (Fsp3) is 0.500. The number of aromatic hydroxyl groups is 4. The number of unbranched alkanes of at least 4 members (excludes halogenated alkanes) is 3. The monoisotopic (exact) mass is 467 g/mol. The Hall–Kier alpha value is -1.76. The SMILES string of the molecule is CCCCCCC1c2ccc(O)c(O)c2CCC1(N)SCCc1ccc(O)c(O)c1.Cl. The Morgan fingerprint density at radius 2 is 1.74 bits per heavy atom. The lowest BCUT2D eigenvalue weighted by atomic mass is 9.76. The summed E-state index contributed by atoms with van der Waals surface area (Å²) in [5, 5.41) is 39.5. The van der Waals surface area contributed by atoms with E-state index in [0.29, 0.717) is 6.42 Å². The number of fused-ring (bicyclic) bond motifs is 1. The zero-order chi connectivity index (χ0) is 21.7. The van der Waals surface area contributed by atoms with E-state index in [2.05, 4.69) is 6.92 Å². The predicted molar refractivity (Wildman–Crippen MR) is 130 cm³/mol. The molecule has 1 aliphatic rings. The Morgan fingerprint density at radius 1 is 1.00 bits per heavy atom. The molecule has 0 radical (unpaired) electrons. The Balaban J connectivity index is 0.00000341. The summed E-state index contributed by atoms with van der Waals surface area (Å²) in [6.07, 6.45) is 7.72. The fourth-order valence-electron chi connectivity index (χ4n) is 4.42. The quantitative estimate of drug-likeness (QED) is 0.188. The lowest BCUT2D eigenvalue weighted by molar-refractivity contribution is 0.367. The van der Waals surface area contributed by atoms with E-state index in [0.717, 1.165) is 48.1 Å². The van der Waals surface area contributed by atoms with Gasteiger partial charge < -0.3 is 26.2 Å². The molecule has 5 nitrogen and oxygen atoms in total. The Labute approximate surface area is 195 Å². The van der Waals surface area contributed by atoms with Gasteiger partial charge in [0.2, 0.25) is 0 Å². The van der Waals surface area contributed by atoms with E-state index >= 15 is 0 Å². The molecule has 1 aliphatic carbocycles. The summed E-state index contributed by atoms with van der Waals surface area (Å²) in [6.45, 7) is 2.20. The number of benzene rings is 2. The minimum atomic E-state index is -0.443. The number of hydrogen-bond donors (Lipinski definition) is 5. The molecule has 172 valence electrons. The second kappa shape index (κ2) is 11.2. The minimum absolute atomic E-state index is 0. The van der Waals surface area contributed by atoms with Gasteiger partial charge in [0, 0.05) is 11.5 Å². The van der Waals surface area contributed by atoms with Gasteiger partial charge in [-0.2, -0.15) is 0 Å². The first kappa shape index (κ1) is 25.5. The smallest absolute Gasteiger partial charge is 0.160 e. The van der Waals surface area contributed by atoms with Crippen LogP contribution in [-0.4, -0.2) is 31.0 Å². The van der Waals surface area contributed by atoms with Crippen molar-refractivity contribution < 1.29 is 20.4 Å². The third kappa shape index (κ3) is 5.93. The fourth-order valence-corrected chi connectivity index (χ4v) is 5.83. The van der Waals surface area contributed by atoms with Gasteiger partial charge in [0.1, 0.15) is 0 Å². The number of phenols is 4. The summed E-state index contributed by atoms with van der Waals surface area (Å²) in [6, 6.07) is 8.42. The van der Waals surface area contributed by atoms with Crippen molar-refractivity contribution in [3.8, 4) is 23.0 Å². The number of hydrogen-bond acceptors (Lipinski definition) is 6. The van der Waals surface area contributed by atoms with Gasteiger partial charge in [-0.3, -0.25) is 0 Å². The molecule has 0 aromatic heterocycles. The van der Waals surface area contributed by atoms with Crippen LogP contribution in [0.3, 0.4) is 0 Å². The number of phenolic OH excluding ortho intramolecular Hbond substituents is 4. The maximum Gasteiger partial charge on any atom is 0.160 e. The van der Waals surface area contributed by atoms with E-state index in [9.17, 15) is 20.4 Å². The average Bonchev–Trinajstić information content (AvgIpc) is 2.72. The van der Waals surface area contributed by atoms with Crippen molar-refractivity contribution in [1.29, 1.82) is 0 Å². The van der Waals surface area contributed by atoms with Crippen LogP contribution in [0.1, 0.15) is 68.1 Å². The molecule has 3 rings (SSSR count). The van der Waals surface area contributed by atoms with E-state index in [4.69, 9.17) is 5.73 Å². The molecular weight excluding hydrogens is 434 g/mol. The summed E-state index contributed by atoms with van der Waals surface area (Å²) in [5.41, 5.74) is 9.82. The normalized spacial score (nSPS) is 20.1. The van der Waals surface area contributed by atoms with Crippen LogP contribution in [0.5, 0.6) is 23.0 Å². The first-order valence-corrected chi connectivity index (χ1v) is 11.8. The molecule has 2 aromatic rings. The molecule has 2 atom stereocenters. The molecule has 0 saturated carbocycles. The van der Waals surface area contributed by atoms with Crippen molar-refractivity contribution in [2.75, 3.05) is 5.75 Å². The van der Waals surface area contributed by atoms with E-state index < -0.39 is 4.87 Å². The van der Waals surface area contributed by atoms with Crippen molar-refractivity contribution >= 4 is 24.2 Å². The van der Waals surface area contributed by atoms with Gasteiger partial charge in [0.05, 0.1) is 4.87 Å². The minimum Gasteiger partial charge on any atom is -0.504 e. The second-order valence-electron chi connectivity index (χ2n) is 8.28. The third-order valence-corrected chi connectivity index (χ3v) is 7.61. The van der Waals surface area contributed by atoms with Crippen LogP contribution in [0, 0.1) is 0 Å². The van der Waals surface area contributed by atoms with Crippen LogP contribution < -0.4 is 5.73 Å². The van der Waals surface area contributed by atoms with Crippen LogP contribution in [0.15, 0.2) is 30.3 Å². The van der Waals surface area contributed by atoms with Crippen LogP contribution in [0.25, 0.3) is 0 Å². The van der Waals surface area contributed by atoms with Crippen molar-refractivity contribution in [3.05, 3.63) is 47.0 Å². The number of aryl methyl sites for hydroxylation is 1. The van der Waals surface area contributed by atoms with E-state index in [-0.39, 0.29) is 41.3 Å². The van der Waals surface area contributed by atoms with E-state index in [1.54, 1.807) is 23.9 Å². The largest absolute Gasteiger partial charge is 0.504 e. The highest BCUT2D eigenvalue weighted by atomic mass is 35.5. The molecule has 31 heavy (non-hydrogen) atoms. The molecule has 7 heteroatoms. The van der Waals surface area contributed by atoms with Gasteiger partial charge in [-0.1, -0.05) is 44.7 Å². The summed E-state index contributed by atoms with van der Waals surface area (Å²) >= 11 is 1.74. The standard InChI is InChI=1S/C24H33NO4S.ClH/c1-2-3-4-5-6-19-17-8-10-21(27)23(29)18(17)11-13-24(19,25)30-14-12-16-7-9-20(26)22(28)15-16;/h7-10,15,19,26-29H,2-6,11-14,25H2,1H3;1H. The summed E-state index contributed by atoms with van der Waals surface area (Å²) in [7, 11) is 0. The summed E-state index contributed by atoms with van der Waals surface area (Å²) < 4.78 is 0.